The van der Waals surface area contributed by atoms with Gasteiger partial charge in [-0.15, -0.1) is 0 Å². The van der Waals surface area contributed by atoms with Gasteiger partial charge in [0.1, 0.15) is 0 Å². The zero-order valence-electron chi connectivity index (χ0n) is 9.08. The van der Waals surface area contributed by atoms with Gasteiger partial charge in [0.2, 0.25) is 0 Å². The molecule has 3 aromatic rings. The molecule has 0 fully saturated rings. The van der Waals surface area contributed by atoms with Gasteiger partial charge in [-0.25, -0.2) is 9.78 Å². The van der Waals surface area contributed by atoms with Gasteiger partial charge in [0, 0.05) is 11.6 Å². The third-order valence-corrected chi connectivity index (χ3v) is 2.70. The Bertz CT molecular complexity index is 717. The molecule has 0 aliphatic heterocycles. The van der Waals surface area contributed by atoms with Gasteiger partial charge >= 0.3 is 5.69 Å². The summed E-state index contributed by atoms with van der Waals surface area (Å²) in [6.45, 7) is 0. The van der Waals surface area contributed by atoms with Crippen LogP contribution in [0.1, 0.15) is 0 Å². The summed E-state index contributed by atoms with van der Waals surface area (Å²) in [4.78, 5) is 15.8. The molecule has 82 valence electrons. The molecule has 0 atom stereocenters. The normalized spacial score (nSPS) is 10.6. The average molecular weight is 222 g/mol. The van der Waals surface area contributed by atoms with Crippen LogP contribution in [0, 0.1) is 0 Å². The second kappa shape index (κ2) is 3.87. The van der Waals surface area contributed by atoms with Crippen LogP contribution >= 0.6 is 0 Å². The SMILES string of the molecule is O=c1ncc2ccccc2n1-c1ccccc1. The minimum absolute atomic E-state index is 0.255. The highest BCUT2D eigenvalue weighted by atomic mass is 16.1. The molecule has 1 heterocycles. The van der Waals surface area contributed by atoms with Crippen molar-refractivity contribution in [3.8, 4) is 5.69 Å². The highest BCUT2D eigenvalue weighted by Gasteiger charge is 2.04. The van der Waals surface area contributed by atoms with Gasteiger partial charge in [-0.2, -0.15) is 0 Å². The zero-order chi connectivity index (χ0) is 11.7. The first-order valence-electron chi connectivity index (χ1n) is 5.38. The van der Waals surface area contributed by atoms with Crippen molar-refractivity contribution in [2.45, 2.75) is 0 Å². The van der Waals surface area contributed by atoms with Crippen LogP contribution in [0.3, 0.4) is 0 Å². The molecule has 0 saturated carbocycles. The van der Waals surface area contributed by atoms with E-state index in [0.717, 1.165) is 16.6 Å². The fourth-order valence-electron chi connectivity index (χ4n) is 1.91. The van der Waals surface area contributed by atoms with E-state index < -0.39 is 0 Å². The van der Waals surface area contributed by atoms with E-state index in [1.807, 2.05) is 54.6 Å². The lowest BCUT2D eigenvalue weighted by molar-refractivity contribution is 0.960. The Morgan fingerprint density at radius 2 is 1.59 bits per heavy atom. The largest absolute Gasteiger partial charge is 0.352 e. The van der Waals surface area contributed by atoms with Crippen LogP contribution in [0.25, 0.3) is 16.6 Å². The van der Waals surface area contributed by atoms with Crippen LogP contribution in [-0.4, -0.2) is 9.55 Å². The van der Waals surface area contributed by atoms with Crippen LogP contribution in [-0.2, 0) is 0 Å². The number of aromatic nitrogens is 2. The first-order chi connectivity index (χ1) is 8.36. The van der Waals surface area contributed by atoms with Gasteiger partial charge < -0.3 is 0 Å². The van der Waals surface area contributed by atoms with E-state index in [0.29, 0.717) is 0 Å². The van der Waals surface area contributed by atoms with Crippen molar-refractivity contribution in [1.29, 1.82) is 0 Å². The van der Waals surface area contributed by atoms with Crippen molar-refractivity contribution in [1.82, 2.24) is 9.55 Å². The Morgan fingerprint density at radius 3 is 2.41 bits per heavy atom. The van der Waals surface area contributed by atoms with Gasteiger partial charge in [0.25, 0.3) is 0 Å². The Balaban J connectivity index is 2.43. The molecular formula is C14H10N2O. The molecule has 0 aliphatic rings. The number of hydrogen-bond donors (Lipinski definition) is 0. The van der Waals surface area contributed by atoms with E-state index in [2.05, 4.69) is 4.98 Å². The van der Waals surface area contributed by atoms with E-state index >= 15 is 0 Å². The van der Waals surface area contributed by atoms with Crippen molar-refractivity contribution in [3.05, 3.63) is 71.3 Å². The Labute approximate surface area is 98.0 Å². The van der Waals surface area contributed by atoms with Crippen LogP contribution in [0.4, 0.5) is 0 Å². The summed E-state index contributed by atoms with van der Waals surface area (Å²) < 4.78 is 1.62. The van der Waals surface area contributed by atoms with Crippen molar-refractivity contribution >= 4 is 10.9 Å². The molecule has 0 bridgehead atoms. The molecule has 0 unspecified atom stereocenters. The number of benzene rings is 2. The van der Waals surface area contributed by atoms with Gasteiger partial charge in [0.05, 0.1) is 11.2 Å². The van der Waals surface area contributed by atoms with E-state index in [1.165, 1.54) is 0 Å². The first-order valence-corrected chi connectivity index (χ1v) is 5.38. The summed E-state index contributed by atoms with van der Waals surface area (Å²) in [6, 6.07) is 17.3. The third kappa shape index (κ3) is 1.61. The molecule has 1 aromatic heterocycles. The first kappa shape index (κ1) is 9.78. The zero-order valence-corrected chi connectivity index (χ0v) is 9.08. The minimum atomic E-state index is -0.255. The average Bonchev–Trinajstić information content (AvgIpc) is 2.39. The van der Waals surface area contributed by atoms with Crippen LogP contribution < -0.4 is 5.69 Å². The minimum Gasteiger partial charge on any atom is -0.261 e. The van der Waals surface area contributed by atoms with Crippen molar-refractivity contribution in [2.75, 3.05) is 0 Å². The smallest absolute Gasteiger partial charge is 0.261 e. The third-order valence-electron chi connectivity index (χ3n) is 2.70. The van der Waals surface area contributed by atoms with Gasteiger partial charge in [-0.05, 0) is 18.2 Å². The molecule has 0 N–H and O–H groups in total. The summed E-state index contributed by atoms with van der Waals surface area (Å²) in [5.41, 5.74) is 1.45. The van der Waals surface area contributed by atoms with Crippen LogP contribution in [0.5, 0.6) is 0 Å². The number of hydrogen-bond acceptors (Lipinski definition) is 2. The molecule has 3 heteroatoms. The summed E-state index contributed by atoms with van der Waals surface area (Å²) in [6.07, 6.45) is 1.61. The Hall–Kier alpha value is -2.42. The lowest BCUT2D eigenvalue weighted by Gasteiger charge is -2.08. The molecule has 0 radical (unpaired) electrons. The Morgan fingerprint density at radius 1 is 0.882 bits per heavy atom. The number of para-hydroxylation sites is 2. The number of nitrogens with zero attached hydrogens (tertiary/aromatic N) is 2. The quantitative estimate of drug-likeness (QED) is 0.633. The highest BCUT2D eigenvalue weighted by Crippen LogP contribution is 2.14. The van der Waals surface area contributed by atoms with Crippen molar-refractivity contribution in [2.24, 2.45) is 0 Å². The predicted molar refractivity (Wildman–Crippen MR) is 67.3 cm³/mol. The van der Waals surface area contributed by atoms with Gasteiger partial charge in [-0.1, -0.05) is 36.4 Å². The second-order valence-corrected chi connectivity index (χ2v) is 3.77. The van der Waals surface area contributed by atoms with Gasteiger partial charge in [-0.3, -0.25) is 4.57 Å². The van der Waals surface area contributed by atoms with E-state index in [4.69, 9.17) is 0 Å². The standard InChI is InChI=1S/C14H10N2O/c17-14-15-10-11-6-4-5-9-13(11)16(14)12-7-2-1-3-8-12/h1-10H. The lowest BCUT2D eigenvalue weighted by atomic mass is 10.2. The van der Waals surface area contributed by atoms with Crippen LogP contribution in [0.15, 0.2) is 65.6 Å². The maximum atomic E-state index is 11.9. The summed E-state index contributed by atoms with van der Waals surface area (Å²) in [5, 5.41) is 0.955. The molecular weight excluding hydrogens is 212 g/mol. The molecule has 3 nitrogen and oxygen atoms in total. The van der Waals surface area contributed by atoms with E-state index in [1.54, 1.807) is 10.8 Å². The monoisotopic (exact) mass is 222 g/mol. The maximum absolute atomic E-state index is 11.9. The molecule has 0 aliphatic carbocycles. The fourth-order valence-corrected chi connectivity index (χ4v) is 1.91. The van der Waals surface area contributed by atoms with Crippen LogP contribution in [0.2, 0.25) is 0 Å². The second-order valence-electron chi connectivity index (χ2n) is 3.77. The number of fused-ring (bicyclic) bond motifs is 1. The maximum Gasteiger partial charge on any atom is 0.352 e. The van der Waals surface area contributed by atoms with Gasteiger partial charge in [0.15, 0.2) is 0 Å². The van der Waals surface area contributed by atoms with E-state index in [9.17, 15) is 4.79 Å². The highest BCUT2D eigenvalue weighted by molar-refractivity contribution is 5.79. The molecule has 0 amide bonds. The fraction of sp³-hybridized carbons (Fsp3) is 0. The summed E-state index contributed by atoms with van der Waals surface area (Å²) in [5.74, 6) is 0. The molecule has 0 spiro atoms. The molecule has 17 heavy (non-hydrogen) atoms. The summed E-state index contributed by atoms with van der Waals surface area (Å²) >= 11 is 0. The Kier molecular flexibility index (Phi) is 2.22. The topological polar surface area (TPSA) is 34.9 Å². The lowest BCUT2D eigenvalue weighted by Crippen LogP contribution is -2.20. The van der Waals surface area contributed by atoms with Crippen molar-refractivity contribution in [3.63, 3.8) is 0 Å². The molecule has 0 saturated heterocycles. The van der Waals surface area contributed by atoms with E-state index in [-0.39, 0.29) is 5.69 Å². The molecule has 3 rings (SSSR count). The van der Waals surface area contributed by atoms with Crippen molar-refractivity contribution < 1.29 is 0 Å². The predicted octanol–water partition coefficient (Wildman–Crippen LogP) is 2.39. The molecule has 2 aromatic carbocycles. The summed E-state index contributed by atoms with van der Waals surface area (Å²) in [7, 11) is 0. The number of rotatable bonds is 1.